The Morgan fingerprint density at radius 3 is 1.34 bits per heavy atom. The summed E-state index contributed by atoms with van der Waals surface area (Å²) in [7, 11) is 0. The van der Waals surface area contributed by atoms with Gasteiger partial charge in [-0.15, -0.1) is 0 Å². The molecule has 33 nitrogen and oxygen atoms in total. The van der Waals surface area contributed by atoms with Crippen LogP contribution in [0.2, 0.25) is 0 Å². The zero-order valence-corrected chi connectivity index (χ0v) is 42.3. The van der Waals surface area contributed by atoms with E-state index in [9.17, 15) is 87.9 Å². The lowest BCUT2D eigenvalue weighted by Crippen LogP contribution is -2.57. The highest BCUT2D eigenvalue weighted by atomic mass is 16.4. The number of aliphatic carboxylic acids is 2. The third kappa shape index (κ3) is 26.7. The van der Waals surface area contributed by atoms with Gasteiger partial charge in [-0.25, -0.2) is 4.79 Å². The van der Waals surface area contributed by atoms with Crippen molar-refractivity contribution in [2.75, 3.05) is 59.0 Å². The minimum atomic E-state index is -1.89. The van der Waals surface area contributed by atoms with Gasteiger partial charge in [-0.05, 0) is 36.1 Å². The number of hydrogen-bond acceptors (Lipinski definition) is 18. The molecule has 0 aromatic heterocycles. The molecular weight excluding hydrogens is 1050 g/mol. The van der Waals surface area contributed by atoms with Gasteiger partial charge in [0.25, 0.3) is 0 Å². The lowest BCUT2D eigenvalue weighted by atomic mass is 10.0. The molecule has 0 bridgehead atoms. The fourth-order valence-electron chi connectivity index (χ4n) is 6.61. The standard InChI is InChI=1S/C46H65N15O18/c47-16-33(65)51-17-34(66)60-32(23-63)44(77)61-29(15-39(71)72)42(75)54-19-36(68)57-28(13-25-8-10-26(64)11-9-25)41(74)53-21-38(70)59-31(22-62)43(76)55-18-35(67)56-27(7-4-12-50-46(48)49)40(73)52-20-37(69)58-30(45(78)79)14-24-5-2-1-3-6-24/h1-3,5-6,8-11,27-32,62-64H,4,7,12-23,47H2,(H,51,65)(H,52,73)(H,53,74)(H,54,75)(H,55,76)(H,56,67)(H,57,68)(H,58,69)(H,59,70)(H,60,66)(H,61,77)(H,71,72)(H,78,79)(H4,48,49,50)/t27-,28-,29-,30-,31-,32-/m0/s1. The Balaban J connectivity index is 2.04. The maximum atomic E-state index is 13.4. The van der Waals surface area contributed by atoms with Crippen molar-refractivity contribution in [1.82, 2.24) is 63.8 Å². The highest BCUT2D eigenvalue weighted by Crippen LogP contribution is 2.12. The number of carbonyl (C=O) groups is 13. The predicted molar refractivity (Wildman–Crippen MR) is 271 cm³/mol. The molecule has 2 rings (SSSR count). The van der Waals surface area contributed by atoms with Gasteiger partial charge in [0.05, 0.1) is 58.9 Å². The van der Waals surface area contributed by atoms with E-state index in [-0.39, 0.29) is 43.9 Å². The second-order valence-corrected chi connectivity index (χ2v) is 16.9. The summed E-state index contributed by atoms with van der Waals surface area (Å²) >= 11 is 0. The van der Waals surface area contributed by atoms with Gasteiger partial charge in [0, 0.05) is 19.4 Å². The molecule has 0 spiro atoms. The highest BCUT2D eigenvalue weighted by molar-refractivity contribution is 5.98. The van der Waals surface area contributed by atoms with Crippen LogP contribution in [0.5, 0.6) is 5.75 Å². The largest absolute Gasteiger partial charge is 0.508 e. The van der Waals surface area contributed by atoms with E-state index in [1.807, 2.05) is 5.32 Å². The Morgan fingerprint density at radius 1 is 0.468 bits per heavy atom. The zero-order valence-electron chi connectivity index (χ0n) is 42.3. The lowest BCUT2D eigenvalue weighted by molar-refractivity contribution is -0.142. The molecule has 79 heavy (non-hydrogen) atoms. The quantitative estimate of drug-likeness (QED) is 0.0173. The number of nitrogens with one attached hydrogen (secondary N) is 13. The second-order valence-electron chi connectivity index (χ2n) is 16.9. The molecule has 6 atom stereocenters. The maximum Gasteiger partial charge on any atom is 0.326 e. The maximum absolute atomic E-state index is 13.4. The van der Waals surface area contributed by atoms with Gasteiger partial charge in [-0.1, -0.05) is 42.5 Å². The first-order valence-corrected chi connectivity index (χ1v) is 23.9. The summed E-state index contributed by atoms with van der Waals surface area (Å²) in [6.45, 7) is -6.42. The van der Waals surface area contributed by atoms with Crippen LogP contribution in [0.4, 0.5) is 0 Å². The van der Waals surface area contributed by atoms with Crippen molar-refractivity contribution < 1.29 is 87.9 Å². The number of aliphatic hydroxyl groups excluding tert-OH is 2. The number of nitrogens with two attached hydrogens (primary N) is 2. The van der Waals surface area contributed by atoms with Gasteiger partial charge in [-0.3, -0.25) is 62.9 Å². The number of rotatable bonds is 35. The smallest absolute Gasteiger partial charge is 0.326 e. The predicted octanol–water partition coefficient (Wildman–Crippen LogP) is -9.57. The van der Waals surface area contributed by atoms with E-state index in [4.69, 9.17) is 16.9 Å². The van der Waals surface area contributed by atoms with E-state index in [1.54, 1.807) is 30.3 Å². The van der Waals surface area contributed by atoms with E-state index < -0.39 is 172 Å². The molecular formula is C46H65N15O18. The van der Waals surface area contributed by atoms with Gasteiger partial charge in [0.1, 0.15) is 42.0 Å². The van der Waals surface area contributed by atoms with Crippen molar-refractivity contribution in [3.8, 4) is 5.75 Å². The molecule has 0 saturated heterocycles. The molecule has 432 valence electrons. The van der Waals surface area contributed by atoms with Crippen LogP contribution in [0.25, 0.3) is 0 Å². The number of hydrogen-bond donors (Lipinski definition) is 20. The summed E-state index contributed by atoms with van der Waals surface area (Å²) in [5.41, 5.74) is 11.4. The Kier molecular flexibility index (Phi) is 29.0. The molecule has 2 aromatic carbocycles. The number of carbonyl (C=O) groups excluding carboxylic acids is 11. The molecule has 0 aliphatic rings. The molecule has 0 unspecified atom stereocenters. The molecule has 22 N–H and O–H groups in total. The second kappa shape index (κ2) is 34.9. The average Bonchev–Trinajstić information content (AvgIpc) is 3.41. The molecule has 0 fully saturated rings. The van der Waals surface area contributed by atoms with Crippen LogP contribution in [0.3, 0.4) is 0 Å². The number of carboxylic acid groups (broad SMARTS) is 2. The van der Waals surface area contributed by atoms with E-state index in [1.165, 1.54) is 24.3 Å². The van der Waals surface area contributed by atoms with Crippen molar-refractivity contribution >= 4 is 82.9 Å². The minimum Gasteiger partial charge on any atom is -0.508 e. The van der Waals surface area contributed by atoms with Crippen molar-refractivity contribution in [2.24, 2.45) is 11.5 Å². The van der Waals surface area contributed by atoms with Crippen molar-refractivity contribution in [2.45, 2.75) is 68.4 Å². The van der Waals surface area contributed by atoms with Crippen LogP contribution in [0.1, 0.15) is 30.4 Å². The lowest BCUT2D eigenvalue weighted by Gasteiger charge is -2.22. The number of phenols is 1. The van der Waals surface area contributed by atoms with Gasteiger partial charge in [0.2, 0.25) is 65.0 Å². The van der Waals surface area contributed by atoms with Crippen LogP contribution < -0.4 is 75.3 Å². The Morgan fingerprint density at radius 2 is 0.873 bits per heavy atom. The fraction of sp³-hybridized carbons (Fsp3) is 0.435. The Labute approximate surface area is 449 Å². The first kappa shape index (κ1) is 65.6. The molecule has 0 aliphatic heterocycles. The van der Waals surface area contributed by atoms with E-state index >= 15 is 0 Å². The van der Waals surface area contributed by atoms with E-state index in [0.29, 0.717) is 11.1 Å². The monoisotopic (exact) mass is 1120 g/mol. The van der Waals surface area contributed by atoms with Gasteiger partial charge < -0.3 is 101 Å². The van der Waals surface area contributed by atoms with Crippen LogP contribution in [-0.2, 0) is 75.2 Å². The van der Waals surface area contributed by atoms with Gasteiger partial charge >= 0.3 is 11.9 Å². The SMILES string of the molecule is N=C(N)NCCC[C@H](NC(=O)CNC(=O)[C@H](CO)NC(=O)CNC(=O)[C@H](Cc1ccc(O)cc1)NC(=O)CNC(=O)[C@H](CC(=O)O)NC(=O)[C@H](CO)NC(=O)CNC(=O)CN)C(=O)NCC(=O)N[C@@H](Cc1ccccc1)C(=O)O. The first-order valence-electron chi connectivity index (χ1n) is 23.9. The summed E-state index contributed by atoms with van der Waals surface area (Å²) in [4.78, 5) is 164. The van der Waals surface area contributed by atoms with Crippen LogP contribution >= 0.6 is 0 Å². The van der Waals surface area contributed by atoms with Crippen molar-refractivity contribution in [3.63, 3.8) is 0 Å². The summed E-state index contributed by atoms with van der Waals surface area (Å²) in [6.07, 6.45) is -1.35. The van der Waals surface area contributed by atoms with Gasteiger partial charge in [-0.2, -0.15) is 0 Å². The highest BCUT2D eigenvalue weighted by Gasteiger charge is 2.30. The molecule has 2 aromatic rings. The minimum absolute atomic E-state index is 0.0576. The third-order valence-electron chi connectivity index (χ3n) is 10.6. The number of carboxylic acids is 2. The molecule has 0 radical (unpaired) electrons. The molecule has 0 saturated carbocycles. The Bertz CT molecular complexity index is 2480. The summed E-state index contributed by atoms with van der Waals surface area (Å²) in [6, 6.07) is 4.16. The number of aromatic hydroxyl groups is 1. The molecule has 33 heteroatoms. The number of benzene rings is 2. The van der Waals surface area contributed by atoms with E-state index in [2.05, 4.69) is 58.5 Å². The third-order valence-corrected chi connectivity index (χ3v) is 10.6. The van der Waals surface area contributed by atoms with Crippen LogP contribution in [0.15, 0.2) is 54.6 Å². The molecule has 0 aliphatic carbocycles. The van der Waals surface area contributed by atoms with Crippen molar-refractivity contribution in [3.05, 3.63) is 65.7 Å². The normalized spacial score (nSPS) is 12.8. The number of phenolic OH excluding ortho intramolecular Hbond substituents is 1. The average molecular weight is 1120 g/mol. The van der Waals surface area contributed by atoms with Crippen LogP contribution in [-0.4, -0.2) is 204 Å². The summed E-state index contributed by atoms with van der Waals surface area (Å²) in [5, 5.41) is 82.3. The molecule has 0 heterocycles. The van der Waals surface area contributed by atoms with Crippen LogP contribution in [0, 0.1) is 5.41 Å². The fourth-order valence-corrected chi connectivity index (χ4v) is 6.61. The Hall–Kier alpha value is -9.50. The van der Waals surface area contributed by atoms with E-state index in [0.717, 1.165) is 0 Å². The molecule has 11 amide bonds. The summed E-state index contributed by atoms with van der Waals surface area (Å²) in [5.74, 6) is -14.6. The van der Waals surface area contributed by atoms with Gasteiger partial charge in [0.15, 0.2) is 5.96 Å². The first-order chi connectivity index (χ1) is 37.4. The topological polar surface area (TPSA) is 543 Å². The number of amides is 11. The number of guanidine groups is 1. The summed E-state index contributed by atoms with van der Waals surface area (Å²) < 4.78 is 0. The zero-order chi connectivity index (χ0) is 59.0. The van der Waals surface area contributed by atoms with Crippen molar-refractivity contribution in [1.29, 1.82) is 5.41 Å². The number of aliphatic hydroxyl groups is 2.